The molecule has 0 aromatic carbocycles. The largest absolute Gasteiger partial charge is 0.374 e. The van der Waals surface area contributed by atoms with Crippen molar-refractivity contribution in [2.24, 2.45) is 0 Å². The molecule has 0 amide bonds. The normalized spacial score (nSPS) is 27.8. The van der Waals surface area contributed by atoms with Crippen LogP contribution in [0.4, 0.5) is 0 Å². The van der Waals surface area contributed by atoms with Crippen LogP contribution in [0.2, 0.25) is 0 Å². The number of ether oxygens (including phenoxy) is 2. The van der Waals surface area contributed by atoms with Crippen molar-refractivity contribution in [1.82, 2.24) is 0 Å². The molecule has 0 saturated carbocycles. The molecule has 4 heteroatoms. The maximum Gasteiger partial charge on any atom is 0.178 e. The molecule has 1 rings (SSSR count). The number of rotatable bonds is 0. The Balaban J connectivity index is 2.33. The summed E-state index contributed by atoms with van der Waals surface area (Å²) in [7, 11) is 0. The van der Waals surface area contributed by atoms with Crippen molar-refractivity contribution in [2.75, 3.05) is 19.8 Å². The van der Waals surface area contributed by atoms with Crippen LogP contribution in [-0.2, 0) is 9.47 Å². The van der Waals surface area contributed by atoms with Crippen LogP contribution in [0.15, 0.2) is 0 Å². The third-order valence-corrected chi connectivity index (χ3v) is 1.37. The Labute approximate surface area is 59.4 Å². The minimum Gasteiger partial charge on any atom is -0.374 e. The summed E-state index contributed by atoms with van der Waals surface area (Å²) in [4.78, 5) is 0. The van der Waals surface area contributed by atoms with E-state index in [-0.39, 0.29) is 0 Å². The summed E-state index contributed by atoms with van der Waals surface area (Å²) >= 11 is 8.07. The topological polar surface area (TPSA) is 18.5 Å². The van der Waals surface area contributed by atoms with Gasteiger partial charge in [-0.05, 0) is 0 Å². The van der Waals surface area contributed by atoms with Gasteiger partial charge in [0.05, 0.1) is 19.8 Å². The van der Waals surface area contributed by atoms with Gasteiger partial charge in [0.15, 0.2) is 4.27 Å². The molecule has 0 N–H and O–H groups in total. The highest BCUT2D eigenvalue weighted by Crippen LogP contribution is 2.23. The Morgan fingerprint density at radius 3 is 2.25 bits per heavy atom. The van der Waals surface area contributed by atoms with Crippen LogP contribution in [0.5, 0.6) is 0 Å². The van der Waals surface area contributed by atoms with E-state index in [1.807, 2.05) is 0 Å². The summed E-state index contributed by atoms with van der Waals surface area (Å²) in [6.45, 7) is 1.70. The van der Waals surface area contributed by atoms with E-state index in [0.717, 1.165) is 0 Å². The van der Waals surface area contributed by atoms with Gasteiger partial charge in [-0.3, -0.25) is 0 Å². The molecule has 0 aliphatic carbocycles. The summed E-state index contributed by atoms with van der Waals surface area (Å²) in [5.74, 6) is 0. The molecule has 0 unspecified atom stereocenters. The van der Waals surface area contributed by atoms with Gasteiger partial charge < -0.3 is 9.47 Å². The molecule has 1 aliphatic heterocycles. The second-order valence-corrected chi connectivity index (χ2v) is 3.44. The predicted molar refractivity (Wildman–Crippen MR) is 37.5 cm³/mol. The second kappa shape index (κ2) is 2.47. The average molecular weight is 152 g/mol. The monoisotopic (exact) mass is 152 g/mol. The SMILES string of the molecule is SC1(S)COCCO1. The van der Waals surface area contributed by atoms with Crippen LogP contribution in [0.1, 0.15) is 0 Å². The fraction of sp³-hybridized carbons (Fsp3) is 1.00. The van der Waals surface area contributed by atoms with Gasteiger partial charge in [-0.15, -0.1) is 25.3 Å². The van der Waals surface area contributed by atoms with E-state index in [0.29, 0.717) is 19.8 Å². The molecule has 48 valence electrons. The number of hydrogen-bond acceptors (Lipinski definition) is 4. The predicted octanol–water partition coefficient (Wildman–Crippen LogP) is 0.547. The summed E-state index contributed by atoms with van der Waals surface area (Å²) < 4.78 is 9.42. The molecule has 0 aromatic heterocycles. The molecular formula is C4H8O2S2. The van der Waals surface area contributed by atoms with Crippen LogP contribution in [-0.4, -0.2) is 24.1 Å². The summed E-state index contributed by atoms with van der Waals surface area (Å²) in [6.07, 6.45) is 0. The zero-order valence-corrected chi connectivity index (χ0v) is 6.12. The quantitative estimate of drug-likeness (QED) is 0.390. The molecule has 1 aliphatic rings. The average Bonchev–Trinajstić information content (AvgIpc) is 1.65. The standard InChI is InChI=1S/C4H8O2S2/c7-4(8)3-5-1-2-6-4/h7-8H,1-3H2. The van der Waals surface area contributed by atoms with Gasteiger partial charge in [-0.25, -0.2) is 0 Å². The van der Waals surface area contributed by atoms with Gasteiger partial charge in [0.25, 0.3) is 0 Å². The van der Waals surface area contributed by atoms with Crippen molar-refractivity contribution in [1.29, 1.82) is 0 Å². The summed E-state index contributed by atoms with van der Waals surface area (Å²) in [5.41, 5.74) is 0. The van der Waals surface area contributed by atoms with Crippen LogP contribution in [0, 0.1) is 0 Å². The second-order valence-electron chi connectivity index (χ2n) is 1.64. The Kier molecular flexibility index (Phi) is 2.08. The van der Waals surface area contributed by atoms with Crippen LogP contribution >= 0.6 is 25.3 Å². The Hall–Kier alpha value is 0.620. The van der Waals surface area contributed by atoms with Gasteiger partial charge in [0.2, 0.25) is 0 Å². The molecule has 8 heavy (non-hydrogen) atoms. The van der Waals surface area contributed by atoms with Crippen molar-refractivity contribution in [3.05, 3.63) is 0 Å². The summed E-state index contributed by atoms with van der Waals surface area (Å²) in [6, 6.07) is 0. The van der Waals surface area contributed by atoms with Crippen molar-refractivity contribution in [2.45, 2.75) is 4.27 Å². The van der Waals surface area contributed by atoms with Crippen LogP contribution < -0.4 is 0 Å². The first kappa shape index (κ1) is 6.74. The smallest absolute Gasteiger partial charge is 0.178 e. The lowest BCUT2D eigenvalue weighted by atomic mass is 10.6. The third-order valence-electron chi connectivity index (χ3n) is 0.851. The molecular weight excluding hydrogens is 144 g/mol. The van der Waals surface area contributed by atoms with E-state index in [2.05, 4.69) is 25.3 Å². The molecule has 0 radical (unpaired) electrons. The lowest BCUT2D eigenvalue weighted by Gasteiger charge is -2.27. The van der Waals surface area contributed by atoms with Crippen LogP contribution in [0.3, 0.4) is 0 Å². The zero-order valence-electron chi connectivity index (χ0n) is 4.33. The van der Waals surface area contributed by atoms with Crippen molar-refractivity contribution >= 4 is 25.3 Å². The van der Waals surface area contributed by atoms with E-state index in [4.69, 9.17) is 9.47 Å². The maximum atomic E-state index is 5.07. The highest BCUT2D eigenvalue weighted by atomic mass is 32.2. The zero-order chi connectivity index (χ0) is 6.04. The van der Waals surface area contributed by atoms with E-state index in [9.17, 15) is 0 Å². The van der Waals surface area contributed by atoms with E-state index < -0.39 is 4.27 Å². The Morgan fingerprint density at radius 2 is 2.00 bits per heavy atom. The molecule has 0 aromatic rings. The molecule has 1 fully saturated rings. The molecule has 1 saturated heterocycles. The Morgan fingerprint density at radius 1 is 1.25 bits per heavy atom. The van der Waals surface area contributed by atoms with Gasteiger partial charge in [0.1, 0.15) is 0 Å². The number of thiol groups is 2. The number of hydrogen-bond donors (Lipinski definition) is 2. The minimum absolute atomic E-state index is 0.458. The van der Waals surface area contributed by atoms with Gasteiger partial charge in [-0.2, -0.15) is 0 Å². The fourth-order valence-corrected chi connectivity index (χ4v) is 0.876. The highest BCUT2D eigenvalue weighted by molar-refractivity contribution is 8.00. The lowest BCUT2D eigenvalue weighted by Crippen LogP contribution is -2.32. The molecule has 2 nitrogen and oxygen atoms in total. The first-order valence-electron chi connectivity index (χ1n) is 2.37. The minimum atomic E-state index is -0.655. The van der Waals surface area contributed by atoms with Crippen molar-refractivity contribution in [3.63, 3.8) is 0 Å². The van der Waals surface area contributed by atoms with Gasteiger partial charge >= 0.3 is 0 Å². The lowest BCUT2D eigenvalue weighted by molar-refractivity contribution is -0.0638. The van der Waals surface area contributed by atoms with Crippen LogP contribution in [0.25, 0.3) is 0 Å². The van der Waals surface area contributed by atoms with Crippen molar-refractivity contribution in [3.8, 4) is 0 Å². The van der Waals surface area contributed by atoms with E-state index in [1.54, 1.807) is 0 Å². The van der Waals surface area contributed by atoms with Gasteiger partial charge in [-0.1, -0.05) is 0 Å². The first-order valence-corrected chi connectivity index (χ1v) is 3.27. The highest BCUT2D eigenvalue weighted by Gasteiger charge is 2.24. The fourth-order valence-electron chi connectivity index (χ4n) is 0.511. The summed E-state index contributed by atoms with van der Waals surface area (Å²) in [5, 5.41) is 0. The Bertz CT molecular complexity index is 76.1. The first-order chi connectivity index (χ1) is 3.71. The molecule has 1 heterocycles. The third kappa shape index (κ3) is 1.85. The molecule has 0 bridgehead atoms. The van der Waals surface area contributed by atoms with Crippen molar-refractivity contribution < 1.29 is 9.47 Å². The maximum absolute atomic E-state index is 5.07. The molecule has 0 spiro atoms. The van der Waals surface area contributed by atoms with E-state index in [1.165, 1.54) is 0 Å². The molecule has 0 atom stereocenters. The van der Waals surface area contributed by atoms with E-state index >= 15 is 0 Å². The van der Waals surface area contributed by atoms with Gasteiger partial charge in [0, 0.05) is 0 Å².